The Morgan fingerprint density at radius 1 is 1.25 bits per heavy atom. The number of alkyl halides is 3. The molecule has 1 aliphatic heterocycles. The molecular formula is C17H24F3N3O. The Kier molecular flexibility index (Phi) is 4.73. The molecule has 2 heterocycles. The highest BCUT2D eigenvalue weighted by Gasteiger charge is 2.38. The van der Waals surface area contributed by atoms with Crippen LogP contribution in [0.3, 0.4) is 0 Å². The zero-order chi connectivity index (χ0) is 17.5. The number of rotatable bonds is 4. The van der Waals surface area contributed by atoms with Gasteiger partial charge in [0.25, 0.3) is 5.56 Å². The molecule has 0 N–H and O–H groups in total. The molecule has 4 nitrogen and oxygen atoms in total. The van der Waals surface area contributed by atoms with Crippen LogP contribution in [0.15, 0.2) is 10.9 Å². The van der Waals surface area contributed by atoms with Crippen LogP contribution < -0.4 is 5.56 Å². The summed E-state index contributed by atoms with van der Waals surface area (Å²) in [5.41, 5.74) is -1.71. The Balaban J connectivity index is 1.94. The summed E-state index contributed by atoms with van der Waals surface area (Å²) in [5, 5.41) is 4.26. The van der Waals surface area contributed by atoms with Crippen LogP contribution in [0.2, 0.25) is 0 Å². The van der Waals surface area contributed by atoms with E-state index in [1.54, 1.807) is 0 Å². The van der Waals surface area contributed by atoms with Crippen molar-refractivity contribution < 1.29 is 13.2 Å². The average molecular weight is 343 g/mol. The van der Waals surface area contributed by atoms with Crippen molar-refractivity contribution in [3.8, 4) is 0 Å². The van der Waals surface area contributed by atoms with Gasteiger partial charge >= 0.3 is 6.18 Å². The molecule has 1 unspecified atom stereocenters. The molecule has 3 rings (SSSR count). The lowest BCUT2D eigenvalue weighted by Gasteiger charge is -2.38. The summed E-state index contributed by atoms with van der Waals surface area (Å²) in [7, 11) is 0. The van der Waals surface area contributed by atoms with Crippen LogP contribution in [0.5, 0.6) is 0 Å². The minimum absolute atomic E-state index is 0.0696. The number of likely N-dealkylation sites (tertiary alicyclic amines) is 1. The molecule has 1 atom stereocenters. The van der Waals surface area contributed by atoms with E-state index in [-0.39, 0.29) is 18.6 Å². The Morgan fingerprint density at radius 3 is 2.54 bits per heavy atom. The van der Waals surface area contributed by atoms with E-state index in [0.29, 0.717) is 11.6 Å². The van der Waals surface area contributed by atoms with Gasteiger partial charge in [0.1, 0.15) is 5.56 Å². The van der Waals surface area contributed by atoms with Crippen LogP contribution in [-0.2, 0) is 12.8 Å². The molecule has 0 amide bonds. The van der Waals surface area contributed by atoms with Crippen LogP contribution in [0, 0.1) is 5.92 Å². The number of hydrogen-bond donors (Lipinski definition) is 0. The second-order valence-electron chi connectivity index (χ2n) is 7.32. The average Bonchev–Trinajstić information content (AvgIpc) is 3.33. The summed E-state index contributed by atoms with van der Waals surface area (Å²) in [6.07, 6.45) is 0.206. The normalized spacial score (nSPS) is 23.0. The molecule has 1 aliphatic carbocycles. The van der Waals surface area contributed by atoms with E-state index in [1.165, 1.54) is 0 Å². The maximum Gasteiger partial charge on any atom is 0.421 e. The van der Waals surface area contributed by atoms with Crippen LogP contribution >= 0.6 is 0 Å². The van der Waals surface area contributed by atoms with Gasteiger partial charge in [-0.1, -0.05) is 20.3 Å². The highest BCUT2D eigenvalue weighted by Crippen LogP contribution is 2.40. The summed E-state index contributed by atoms with van der Waals surface area (Å²) in [6, 6.07) is 1.23. The minimum Gasteiger partial charge on any atom is -0.281 e. The summed E-state index contributed by atoms with van der Waals surface area (Å²) in [4.78, 5) is 14.4. The van der Waals surface area contributed by atoms with Crippen molar-refractivity contribution in [2.24, 2.45) is 5.92 Å². The van der Waals surface area contributed by atoms with Gasteiger partial charge in [-0.05, 0) is 37.7 Å². The van der Waals surface area contributed by atoms with Crippen molar-refractivity contribution in [3.05, 3.63) is 27.7 Å². The number of nitrogens with zero attached hydrogens (tertiary/aromatic N) is 3. The van der Waals surface area contributed by atoms with E-state index < -0.39 is 17.3 Å². The summed E-state index contributed by atoms with van der Waals surface area (Å²) < 4.78 is 40.7. The maximum absolute atomic E-state index is 13.2. The molecule has 1 aromatic heterocycles. The molecule has 0 bridgehead atoms. The Hall–Kier alpha value is -1.37. The third-order valence-corrected chi connectivity index (χ3v) is 5.04. The van der Waals surface area contributed by atoms with E-state index in [4.69, 9.17) is 0 Å². The van der Waals surface area contributed by atoms with Gasteiger partial charge in [0.05, 0.1) is 12.4 Å². The van der Waals surface area contributed by atoms with Gasteiger partial charge < -0.3 is 0 Å². The SMILES string of the molecule is CC(C)C1CCCCN1Cn1nc(C2CC2)cc(C(F)(F)F)c1=O. The standard InChI is InChI=1S/C17H24F3N3O/c1-11(2)15-5-3-4-8-22(15)10-23-16(24)13(17(18,19)20)9-14(21-23)12-6-7-12/h9,11-12,15H,3-8,10H2,1-2H3. The summed E-state index contributed by atoms with van der Waals surface area (Å²) in [6.45, 7) is 5.17. The summed E-state index contributed by atoms with van der Waals surface area (Å²) >= 11 is 0. The van der Waals surface area contributed by atoms with Crippen LogP contribution in [-0.4, -0.2) is 27.3 Å². The molecule has 2 aliphatic rings. The molecule has 0 radical (unpaired) electrons. The highest BCUT2D eigenvalue weighted by molar-refractivity contribution is 5.22. The lowest BCUT2D eigenvalue weighted by molar-refractivity contribution is -0.139. The van der Waals surface area contributed by atoms with E-state index in [9.17, 15) is 18.0 Å². The molecule has 0 aromatic carbocycles. The topological polar surface area (TPSA) is 38.1 Å². The zero-order valence-electron chi connectivity index (χ0n) is 14.1. The second kappa shape index (κ2) is 6.50. The van der Waals surface area contributed by atoms with Gasteiger partial charge in [-0.2, -0.15) is 18.3 Å². The first-order valence-electron chi connectivity index (χ1n) is 8.70. The lowest BCUT2D eigenvalue weighted by atomic mass is 9.93. The number of hydrogen-bond acceptors (Lipinski definition) is 3. The molecule has 0 spiro atoms. The molecule has 7 heteroatoms. The van der Waals surface area contributed by atoms with Crippen molar-refractivity contribution >= 4 is 0 Å². The lowest BCUT2D eigenvalue weighted by Crippen LogP contribution is -2.46. The monoisotopic (exact) mass is 343 g/mol. The number of piperidine rings is 1. The largest absolute Gasteiger partial charge is 0.421 e. The fourth-order valence-electron chi connectivity index (χ4n) is 3.56. The first-order chi connectivity index (χ1) is 11.3. The highest BCUT2D eigenvalue weighted by atomic mass is 19.4. The fraction of sp³-hybridized carbons (Fsp3) is 0.765. The van der Waals surface area contributed by atoms with Crippen molar-refractivity contribution in [3.63, 3.8) is 0 Å². The van der Waals surface area contributed by atoms with Gasteiger partial charge in [0.15, 0.2) is 0 Å². The Labute approximate surface area is 139 Å². The fourth-order valence-corrected chi connectivity index (χ4v) is 3.56. The van der Waals surface area contributed by atoms with Crippen LogP contribution in [0.1, 0.15) is 63.1 Å². The van der Waals surface area contributed by atoms with Gasteiger partial charge in [-0.15, -0.1) is 0 Å². The van der Waals surface area contributed by atoms with Crippen molar-refractivity contribution in [2.45, 2.75) is 70.8 Å². The van der Waals surface area contributed by atoms with Crippen LogP contribution in [0.4, 0.5) is 13.2 Å². The van der Waals surface area contributed by atoms with E-state index in [0.717, 1.165) is 49.4 Å². The van der Waals surface area contributed by atoms with E-state index in [1.807, 2.05) is 0 Å². The van der Waals surface area contributed by atoms with Crippen molar-refractivity contribution in [2.75, 3.05) is 6.54 Å². The van der Waals surface area contributed by atoms with Gasteiger partial charge in [-0.25, -0.2) is 4.68 Å². The van der Waals surface area contributed by atoms with Crippen molar-refractivity contribution in [1.82, 2.24) is 14.7 Å². The first kappa shape index (κ1) is 17.5. The molecule has 2 fully saturated rings. The zero-order valence-corrected chi connectivity index (χ0v) is 14.1. The quantitative estimate of drug-likeness (QED) is 0.838. The first-order valence-corrected chi connectivity index (χ1v) is 8.70. The smallest absolute Gasteiger partial charge is 0.281 e. The molecule has 24 heavy (non-hydrogen) atoms. The maximum atomic E-state index is 13.2. The molecular weight excluding hydrogens is 319 g/mol. The Morgan fingerprint density at radius 2 is 1.96 bits per heavy atom. The van der Waals surface area contributed by atoms with E-state index >= 15 is 0 Å². The summed E-state index contributed by atoms with van der Waals surface area (Å²) in [5.74, 6) is 0.468. The van der Waals surface area contributed by atoms with Gasteiger partial charge in [0, 0.05) is 18.5 Å². The van der Waals surface area contributed by atoms with E-state index in [2.05, 4.69) is 23.8 Å². The Bertz CT molecular complexity index is 649. The third kappa shape index (κ3) is 3.66. The minimum atomic E-state index is -4.63. The predicted molar refractivity (Wildman–Crippen MR) is 84.7 cm³/mol. The predicted octanol–water partition coefficient (Wildman–Crippen LogP) is 3.61. The van der Waals surface area contributed by atoms with Gasteiger partial charge in [-0.3, -0.25) is 9.69 Å². The second-order valence-corrected chi connectivity index (χ2v) is 7.32. The molecule has 1 saturated heterocycles. The van der Waals surface area contributed by atoms with Crippen molar-refractivity contribution in [1.29, 1.82) is 0 Å². The molecule has 134 valence electrons. The number of aromatic nitrogens is 2. The molecule has 1 aromatic rings. The third-order valence-electron chi connectivity index (χ3n) is 5.04. The van der Waals surface area contributed by atoms with Crippen LogP contribution in [0.25, 0.3) is 0 Å². The molecule has 1 saturated carbocycles. The van der Waals surface area contributed by atoms with Gasteiger partial charge in [0.2, 0.25) is 0 Å². The number of halogens is 3.